The standard InChI is InChI=1S/C11H12FNO3/c1-7(14)8-3-4-9(12)10(5-8)13(2)6-11(15)16/h3-5H,6H2,1-2H3,(H,15,16). The van der Waals surface area contributed by atoms with Crippen LogP contribution < -0.4 is 4.90 Å². The van der Waals surface area contributed by atoms with Crippen LogP contribution in [0.5, 0.6) is 0 Å². The lowest BCUT2D eigenvalue weighted by atomic mass is 10.1. The lowest BCUT2D eigenvalue weighted by Crippen LogP contribution is -2.26. The number of benzene rings is 1. The summed E-state index contributed by atoms with van der Waals surface area (Å²) in [6, 6.07) is 3.88. The quantitative estimate of drug-likeness (QED) is 0.790. The molecule has 0 heterocycles. The molecule has 1 aromatic rings. The average Bonchev–Trinajstić information content (AvgIpc) is 2.16. The van der Waals surface area contributed by atoms with Crippen molar-refractivity contribution in [2.75, 3.05) is 18.5 Å². The summed E-state index contributed by atoms with van der Waals surface area (Å²) in [4.78, 5) is 22.8. The van der Waals surface area contributed by atoms with E-state index in [2.05, 4.69) is 0 Å². The van der Waals surface area contributed by atoms with E-state index in [0.29, 0.717) is 5.56 Å². The van der Waals surface area contributed by atoms with E-state index in [1.165, 1.54) is 31.0 Å². The molecule has 5 heteroatoms. The number of carbonyl (C=O) groups is 2. The first kappa shape index (κ1) is 12.2. The number of aliphatic carboxylic acids is 1. The lowest BCUT2D eigenvalue weighted by Gasteiger charge is -2.17. The topological polar surface area (TPSA) is 57.6 Å². The monoisotopic (exact) mass is 225 g/mol. The van der Waals surface area contributed by atoms with Crippen LogP contribution in [0.1, 0.15) is 17.3 Å². The first-order valence-corrected chi connectivity index (χ1v) is 4.65. The molecule has 16 heavy (non-hydrogen) atoms. The second-order valence-corrected chi connectivity index (χ2v) is 3.47. The molecule has 0 aliphatic heterocycles. The molecule has 4 nitrogen and oxygen atoms in total. The van der Waals surface area contributed by atoms with E-state index in [9.17, 15) is 14.0 Å². The molecule has 0 aromatic heterocycles. The summed E-state index contributed by atoms with van der Waals surface area (Å²) in [5.41, 5.74) is 0.462. The second kappa shape index (κ2) is 4.74. The number of carboxylic acids is 1. The average molecular weight is 225 g/mol. The van der Waals surface area contributed by atoms with Crippen molar-refractivity contribution >= 4 is 17.4 Å². The maximum absolute atomic E-state index is 13.4. The largest absolute Gasteiger partial charge is 0.480 e. The van der Waals surface area contributed by atoms with Crippen molar-refractivity contribution in [1.29, 1.82) is 0 Å². The number of likely N-dealkylation sites (N-methyl/N-ethyl adjacent to an activating group) is 1. The van der Waals surface area contributed by atoms with E-state index in [0.717, 1.165) is 6.07 Å². The van der Waals surface area contributed by atoms with Gasteiger partial charge in [0.2, 0.25) is 0 Å². The summed E-state index contributed by atoms with van der Waals surface area (Å²) in [5.74, 6) is -1.80. The number of ketones is 1. The Morgan fingerprint density at radius 3 is 2.56 bits per heavy atom. The number of carboxylic acid groups (broad SMARTS) is 1. The Bertz CT molecular complexity index is 431. The molecule has 86 valence electrons. The molecule has 0 bridgehead atoms. The van der Waals surface area contributed by atoms with Crippen molar-refractivity contribution in [1.82, 2.24) is 0 Å². The Labute approximate surface area is 92.3 Å². The molecule has 1 aromatic carbocycles. The van der Waals surface area contributed by atoms with Gasteiger partial charge in [-0.1, -0.05) is 0 Å². The third-order valence-corrected chi connectivity index (χ3v) is 2.14. The summed E-state index contributed by atoms with van der Waals surface area (Å²) in [5, 5.41) is 8.58. The van der Waals surface area contributed by atoms with Gasteiger partial charge in [0.25, 0.3) is 0 Å². The van der Waals surface area contributed by atoms with Gasteiger partial charge in [-0.25, -0.2) is 4.39 Å². The fraction of sp³-hybridized carbons (Fsp3) is 0.273. The van der Waals surface area contributed by atoms with Crippen LogP contribution in [0.2, 0.25) is 0 Å². The van der Waals surface area contributed by atoms with E-state index in [4.69, 9.17) is 5.11 Å². The van der Waals surface area contributed by atoms with Crippen molar-refractivity contribution in [3.63, 3.8) is 0 Å². The fourth-order valence-electron chi connectivity index (χ4n) is 1.31. The van der Waals surface area contributed by atoms with E-state index in [1.54, 1.807) is 0 Å². The van der Waals surface area contributed by atoms with Crippen LogP contribution in [-0.4, -0.2) is 30.5 Å². The van der Waals surface area contributed by atoms with Gasteiger partial charge in [-0.2, -0.15) is 0 Å². The number of Topliss-reactive ketones (excluding diaryl/α,β-unsaturated/α-hetero) is 1. The zero-order valence-corrected chi connectivity index (χ0v) is 9.03. The van der Waals surface area contributed by atoms with E-state index in [-0.39, 0.29) is 18.0 Å². The smallest absolute Gasteiger partial charge is 0.323 e. The number of anilines is 1. The number of rotatable bonds is 4. The predicted molar refractivity (Wildman–Crippen MR) is 57.3 cm³/mol. The van der Waals surface area contributed by atoms with E-state index in [1.807, 2.05) is 0 Å². The van der Waals surface area contributed by atoms with Crippen LogP contribution in [0.4, 0.5) is 10.1 Å². The van der Waals surface area contributed by atoms with Gasteiger partial charge in [-0.05, 0) is 25.1 Å². The highest BCUT2D eigenvalue weighted by Gasteiger charge is 2.12. The molecule has 0 aliphatic carbocycles. The maximum Gasteiger partial charge on any atom is 0.323 e. The number of carbonyl (C=O) groups excluding carboxylic acids is 1. The minimum Gasteiger partial charge on any atom is -0.480 e. The minimum absolute atomic E-state index is 0.107. The second-order valence-electron chi connectivity index (χ2n) is 3.47. The molecule has 0 atom stereocenters. The van der Waals surface area contributed by atoms with Crippen LogP contribution in [0.3, 0.4) is 0 Å². The van der Waals surface area contributed by atoms with Gasteiger partial charge in [0, 0.05) is 12.6 Å². The molecule has 0 unspecified atom stereocenters. The molecule has 0 radical (unpaired) electrons. The number of hydrogen-bond acceptors (Lipinski definition) is 3. The number of halogens is 1. The minimum atomic E-state index is -1.06. The first-order valence-electron chi connectivity index (χ1n) is 4.65. The summed E-state index contributed by atoms with van der Waals surface area (Å²) >= 11 is 0. The van der Waals surface area contributed by atoms with Crippen molar-refractivity contribution in [3.05, 3.63) is 29.6 Å². The SMILES string of the molecule is CC(=O)c1ccc(F)c(N(C)CC(=O)O)c1. The Balaban J connectivity index is 3.06. The lowest BCUT2D eigenvalue weighted by molar-refractivity contribution is -0.135. The summed E-state index contributed by atoms with van der Waals surface area (Å²) in [6.07, 6.45) is 0. The molecule has 1 rings (SSSR count). The Morgan fingerprint density at radius 1 is 1.44 bits per heavy atom. The highest BCUT2D eigenvalue weighted by atomic mass is 19.1. The van der Waals surface area contributed by atoms with Crippen LogP contribution >= 0.6 is 0 Å². The first-order chi connectivity index (χ1) is 7.41. The third kappa shape index (κ3) is 2.79. The molecule has 0 aliphatic rings. The van der Waals surface area contributed by atoms with Crippen LogP contribution in [-0.2, 0) is 4.79 Å². The highest BCUT2D eigenvalue weighted by Crippen LogP contribution is 2.19. The molecule has 0 saturated carbocycles. The van der Waals surface area contributed by atoms with Crippen LogP contribution in [0.15, 0.2) is 18.2 Å². The van der Waals surface area contributed by atoms with Gasteiger partial charge in [0.1, 0.15) is 12.4 Å². The van der Waals surface area contributed by atoms with Crippen molar-refractivity contribution in [2.24, 2.45) is 0 Å². The molecular formula is C11H12FNO3. The molecule has 1 N–H and O–H groups in total. The fourth-order valence-corrected chi connectivity index (χ4v) is 1.31. The molecule has 0 saturated heterocycles. The van der Waals surface area contributed by atoms with E-state index < -0.39 is 11.8 Å². The molecule has 0 amide bonds. The van der Waals surface area contributed by atoms with Crippen molar-refractivity contribution in [3.8, 4) is 0 Å². The number of nitrogens with zero attached hydrogens (tertiary/aromatic N) is 1. The van der Waals surface area contributed by atoms with Gasteiger partial charge in [-0.3, -0.25) is 9.59 Å². The molecule has 0 fully saturated rings. The normalized spacial score (nSPS) is 9.94. The third-order valence-electron chi connectivity index (χ3n) is 2.14. The van der Waals surface area contributed by atoms with Gasteiger partial charge >= 0.3 is 5.97 Å². The molecule has 0 spiro atoms. The predicted octanol–water partition coefficient (Wildman–Crippen LogP) is 1.55. The highest BCUT2D eigenvalue weighted by molar-refractivity contribution is 5.95. The van der Waals surface area contributed by atoms with Crippen LogP contribution in [0, 0.1) is 5.82 Å². The Kier molecular flexibility index (Phi) is 3.60. The van der Waals surface area contributed by atoms with Gasteiger partial charge in [-0.15, -0.1) is 0 Å². The van der Waals surface area contributed by atoms with Gasteiger partial charge in [0.15, 0.2) is 5.78 Å². The van der Waals surface area contributed by atoms with E-state index >= 15 is 0 Å². The summed E-state index contributed by atoms with van der Waals surface area (Å²) < 4.78 is 13.4. The van der Waals surface area contributed by atoms with Gasteiger partial charge < -0.3 is 10.0 Å². The number of hydrogen-bond donors (Lipinski definition) is 1. The Hall–Kier alpha value is -1.91. The Morgan fingerprint density at radius 2 is 2.06 bits per heavy atom. The summed E-state index contributed by atoms with van der Waals surface area (Å²) in [6.45, 7) is 1.05. The molecular weight excluding hydrogens is 213 g/mol. The zero-order chi connectivity index (χ0) is 12.3. The van der Waals surface area contributed by atoms with Crippen molar-refractivity contribution < 1.29 is 19.1 Å². The van der Waals surface area contributed by atoms with Gasteiger partial charge in [0.05, 0.1) is 5.69 Å². The maximum atomic E-state index is 13.4. The summed E-state index contributed by atoms with van der Waals surface area (Å²) in [7, 11) is 1.45. The van der Waals surface area contributed by atoms with Crippen molar-refractivity contribution in [2.45, 2.75) is 6.92 Å². The van der Waals surface area contributed by atoms with Crippen LogP contribution in [0.25, 0.3) is 0 Å². The zero-order valence-electron chi connectivity index (χ0n) is 9.03.